The number of carbonyl (C=O) groups excluding carboxylic acids is 1. The first-order valence-electron chi connectivity index (χ1n) is 9.21. The molecule has 1 aliphatic carbocycles. The van der Waals surface area contributed by atoms with Gasteiger partial charge in [-0.3, -0.25) is 0 Å². The normalized spacial score (nSPS) is 28.0. The Morgan fingerprint density at radius 3 is 2.50 bits per heavy atom. The van der Waals surface area contributed by atoms with Gasteiger partial charge in [-0.05, 0) is 68.4 Å². The number of rotatable bonds is 2. The van der Waals surface area contributed by atoms with E-state index in [-0.39, 0.29) is 11.2 Å². The number of hydrogen-bond donors (Lipinski definition) is 2. The summed E-state index contributed by atoms with van der Waals surface area (Å²) in [7, 11) is 0. The van der Waals surface area contributed by atoms with Crippen LogP contribution in [0.3, 0.4) is 0 Å². The maximum atomic E-state index is 12.5. The molecule has 0 radical (unpaired) electrons. The first-order chi connectivity index (χ1) is 12.2. The van der Waals surface area contributed by atoms with Gasteiger partial charge in [0.15, 0.2) is 0 Å². The van der Waals surface area contributed by atoms with Crippen LogP contribution in [0.1, 0.15) is 63.7 Å². The predicted octanol–water partition coefficient (Wildman–Crippen LogP) is 4.77. The summed E-state index contributed by atoms with van der Waals surface area (Å²) < 4.78 is 5.72. The van der Waals surface area contributed by atoms with Crippen LogP contribution in [-0.4, -0.2) is 28.4 Å². The molecule has 0 aliphatic heterocycles. The van der Waals surface area contributed by atoms with Gasteiger partial charge in [0, 0.05) is 6.42 Å². The molecule has 1 aromatic rings. The minimum atomic E-state index is -0.587. The van der Waals surface area contributed by atoms with Gasteiger partial charge in [-0.2, -0.15) is 0 Å². The van der Waals surface area contributed by atoms with Crippen molar-refractivity contribution in [1.82, 2.24) is 0 Å². The summed E-state index contributed by atoms with van der Waals surface area (Å²) in [5.41, 5.74) is 2.29. The Morgan fingerprint density at radius 2 is 1.85 bits per heavy atom. The molecule has 4 nitrogen and oxygen atoms in total. The Hall–Kier alpha value is -2.07. The van der Waals surface area contributed by atoms with Crippen molar-refractivity contribution in [3.63, 3.8) is 0 Å². The van der Waals surface area contributed by atoms with Gasteiger partial charge in [0.1, 0.15) is 11.9 Å². The lowest BCUT2D eigenvalue weighted by atomic mass is 9.80. The second kappa shape index (κ2) is 8.54. The van der Waals surface area contributed by atoms with Gasteiger partial charge in [0.05, 0.1) is 11.7 Å². The summed E-state index contributed by atoms with van der Waals surface area (Å²) in [6.45, 7) is 8.13. The first-order valence-corrected chi connectivity index (χ1v) is 9.21. The van der Waals surface area contributed by atoms with Gasteiger partial charge >= 0.3 is 5.97 Å². The molecule has 0 amide bonds. The highest BCUT2D eigenvalue weighted by Crippen LogP contribution is 2.31. The number of phenolic OH excluding ortho intramolecular Hbond substituents is 1. The Balaban J connectivity index is 2.25. The number of esters is 1. The molecular weight excluding hydrogens is 328 g/mol. The zero-order valence-corrected chi connectivity index (χ0v) is 16.2. The molecular formula is C22H30O4. The van der Waals surface area contributed by atoms with Crippen molar-refractivity contribution in [3.05, 3.63) is 53.1 Å². The molecule has 4 heteroatoms. The molecule has 2 N–H and O–H groups in total. The highest BCUT2D eigenvalue weighted by molar-refractivity contribution is 5.89. The molecule has 0 aromatic heterocycles. The van der Waals surface area contributed by atoms with Crippen LogP contribution in [0.2, 0.25) is 0 Å². The average molecular weight is 358 g/mol. The molecule has 0 fully saturated rings. The van der Waals surface area contributed by atoms with Crippen LogP contribution in [-0.2, 0) is 4.74 Å². The van der Waals surface area contributed by atoms with Gasteiger partial charge in [-0.1, -0.05) is 31.6 Å². The second-order valence-electron chi connectivity index (χ2n) is 7.92. The van der Waals surface area contributed by atoms with E-state index in [0.717, 1.165) is 24.8 Å². The summed E-state index contributed by atoms with van der Waals surface area (Å²) in [6.07, 6.45) is 6.46. The molecule has 1 aliphatic rings. The molecule has 2 atom stereocenters. The zero-order chi connectivity index (χ0) is 19.3. The van der Waals surface area contributed by atoms with E-state index in [4.69, 9.17) is 4.74 Å². The maximum absolute atomic E-state index is 12.5. The molecule has 2 unspecified atom stereocenters. The molecule has 2 rings (SSSR count). The number of aliphatic hydroxyl groups is 1. The van der Waals surface area contributed by atoms with Crippen LogP contribution >= 0.6 is 0 Å². The summed E-state index contributed by atoms with van der Waals surface area (Å²) in [6, 6.07) is 6.02. The van der Waals surface area contributed by atoms with Crippen LogP contribution in [0.4, 0.5) is 0 Å². The maximum Gasteiger partial charge on any atom is 0.338 e. The van der Waals surface area contributed by atoms with Gasteiger partial charge in [-0.15, -0.1) is 0 Å². The number of allylic oxidation sites excluding steroid dienone is 1. The van der Waals surface area contributed by atoms with E-state index in [1.54, 1.807) is 12.1 Å². The molecule has 1 aromatic carbocycles. The summed E-state index contributed by atoms with van der Waals surface area (Å²) in [5, 5.41) is 20.0. The molecule has 0 heterocycles. The van der Waals surface area contributed by atoms with Crippen LogP contribution in [0.25, 0.3) is 0 Å². The minimum Gasteiger partial charge on any atom is -0.508 e. The molecule has 0 spiro atoms. The lowest BCUT2D eigenvalue weighted by Crippen LogP contribution is -2.29. The lowest BCUT2D eigenvalue weighted by molar-refractivity contribution is 0.0368. The van der Waals surface area contributed by atoms with E-state index >= 15 is 0 Å². The van der Waals surface area contributed by atoms with Crippen molar-refractivity contribution in [2.24, 2.45) is 5.41 Å². The minimum absolute atomic E-state index is 0.108. The SMILES string of the molecule is C/C1=C/CC(OC(=O)c2ccc(O)cc2)/C(C)=C/C(O)C(C)(C)CCC1. The third kappa shape index (κ3) is 5.46. The number of aliphatic hydroxyl groups excluding tert-OH is 1. The summed E-state index contributed by atoms with van der Waals surface area (Å²) >= 11 is 0. The molecule has 0 saturated heterocycles. The largest absolute Gasteiger partial charge is 0.508 e. The molecule has 0 bridgehead atoms. The summed E-state index contributed by atoms with van der Waals surface area (Å²) in [5.74, 6) is -0.325. The third-order valence-electron chi connectivity index (χ3n) is 5.15. The van der Waals surface area contributed by atoms with Gasteiger partial charge in [0.25, 0.3) is 0 Å². The van der Waals surface area contributed by atoms with Crippen molar-refractivity contribution in [1.29, 1.82) is 0 Å². The average Bonchev–Trinajstić information content (AvgIpc) is 2.59. The number of hydrogen-bond acceptors (Lipinski definition) is 4. The number of benzene rings is 1. The van der Waals surface area contributed by atoms with Gasteiger partial charge in [-0.25, -0.2) is 4.79 Å². The second-order valence-corrected chi connectivity index (χ2v) is 7.92. The van der Waals surface area contributed by atoms with E-state index < -0.39 is 18.2 Å². The predicted molar refractivity (Wildman–Crippen MR) is 103 cm³/mol. The van der Waals surface area contributed by atoms with E-state index in [1.165, 1.54) is 17.7 Å². The highest BCUT2D eigenvalue weighted by atomic mass is 16.5. The number of aromatic hydroxyl groups is 1. The van der Waals surface area contributed by atoms with Crippen LogP contribution < -0.4 is 0 Å². The monoisotopic (exact) mass is 358 g/mol. The summed E-state index contributed by atoms with van der Waals surface area (Å²) in [4.78, 5) is 12.5. The fourth-order valence-corrected chi connectivity index (χ4v) is 3.08. The fourth-order valence-electron chi connectivity index (χ4n) is 3.08. The standard InChI is InChI=1S/C22H30O4/c1-15-6-5-13-22(3,4)20(24)14-16(2)19(12-7-15)26-21(25)17-8-10-18(23)11-9-17/h7-11,14,19-20,23-24H,5-6,12-13H2,1-4H3/b15-7-,16-14+. The van der Waals surface area contributed by atoms with Crippen molar-refractivity contribution in [2.45, 2.75) is 65.6 Å². The van der Waals surface area contributed by atoms with Crippen LogP contribution in [0, 0.1) is 5.41 Å². The van der Waals surface area contributed by atoms with Crippen molar-refractivity contribution >= 4 is 5.97 Å². The van der Waals surface area contributed by atoms with E-state index in [9.17, 15) is 15.0 Å². The topological polar surface area (TPSA) is 66.8 Å². The van der Waals surface area contributed by atoms with Crippen molar-refractivity contribution in [3.8, 4) is 5.75 Å². The molecule has 26 heavy (non-hydrogen) atoms. The molecule has 142 valence electrons. The number of phenols is 1. The highest BCUT2D eigenvalue weighted by Gasteiger charge is 2.28. The van der Waals surface area contributed by atoms with Crippen molar-refractivity contribution in [2.75, 3.05) is 0 Å². The number of ether oxygens (including phenoxy) is 1. The first kappa shape index (κ1) is 20.2. The Bertz CT molecular complexity index is 683. The van der Waals surface area contributed by atoms with Crippen molar-refractivity contribution < 1.29 is 19.7 Å². The van der Waals surface area contributed by atoms with E-state index in [2.05, 4.69) is 26.8 Å². The third-order valence-corrected chi connectivity index (χ3v) is 5.15. The van der Waals surface area contributed by atoms with Gasteiger partial charge < -0.3 is 14.9 Å². The van der Waals surface area contributed by atoms with Gasteiger partial charge in [0.2, 0.25) is 0 Å². The zero-order valence-electron chi connectivity index (χ0n) is 16.2. The Morgan fingerprint density at radius 1 is 1.19 bits per heavy atom. The van der Waals surface area contributed by atoms with E-state index in [1.807, 2.05) is 13.0 Å². The lowest BCUT2D eigenvalue weighted by Gasteiger charge is -2.29. The smallest absolute Gasteiger partial charge is 0.338 e. The van der Waals surface area contributed by atoms with E-state index in [0.29, 0.717) is 12.0 Å². The Labute approximate surface area is 156 Å². The van der Waals surface area contributed by atoms with Crippen LogP contribution in [0.15, 0.2) is 47.6 Å². The Kier molecular flexibility index (Phi) is 6.65. The quantitative estimate of drug-likeness (QED) is 0.590. The molecule has 0 saturated carbocycles. The fraction of sp³-hybridized carbons (Fsp3) is 0.500. The number of carbonyl (C=O) groups is 1. The van der Waals surface area contributed by atoms with Crippen LogP contribution in [0.5, 0.6) is 5.75 Å².